The van der Waals surface area contributed by atoms with Gasteiger partial charge in [0.05, 0.1) is 16.4 Å². The molecule has 0 fully saturated rings. The van der Waals surface area contributed by atoms with E-state index in [1.807, 2.05) is 13.8 Å². The predicted molar refractivity (Wildman–Crippen MR) is 53.3 cm³/mol. The van der Waals surface area contributed by atoms with Crippen molar-refractivity contribution >= 4 is 21.8 Å². The molecule has 0 aliphatic carbocycles. The number of hydrogen-bond acceptors (Lipinski definition) is 2. The number of nitrogens with one attached hydrogen (secondary N) is 1. The zero-order valence-corrected chi connectivity index (χ0v) is 9.26. The molecular formula is C8H12BrN3O. The molecule has 1 aromatic heterocycles. The first-order chi connectivity index (χ1) is 6.15. The lowest BCUT2D eigenvalue weighted by atomic mass is 10.4. The summed E-state index contributed by atoms with van der Waals surface area (Å²) in [5.74, 6) is -0.0128. The molecule has 0 spiro atoms. The molecule has 1 heterocycles. The van der Waals surface area contributed by atoms with Crippen molar-refractivity contribution in [1.82, 2.24) is 15.1 Å². The van der Waals surface area contributed by atoms with Gasteiger partial charge in [0.2, 0.25) is 5.91 Å². The molecule has 1 N–H and O–H groups in total. The Kier molecular flexibility index (Phi) is 3.48. The summed E-state index contributed by atoms with van der Waals surface area (Å²) in [6, 6.07) is 0. The molecule has 1 aromatic rings. The van der Waals surface area contributed by atoms with Crippen LogP contribution >= 0.6 is 15.9 Å². The summed E-state index contributed by atoms with van der Waals surface area (Å²) < 4.78 is 2.59. The van der Waals surface area contributed by atoms with Gasteiger partial charge in [-0.25, -0.2) is 0 Å². The molecule has 0 atom stereocenters. The fourth-order valence-corrected chi connectivity index (χ4v) is 1.27. The second kappa shape index (κ2) is 4.41. The third kappa shape index (κ3) is 2.55. The van der Waals surface area contributed by atoms with Crippen molar-refractivity contribution < 1.29 is 4.79 Å². The molecule has 0 unspecified atom stereocenters. The Morgan fingerprint density at radius 2 is 2.46 bits per heavy atom. The van der Waals surface area contributed by atoms with Crippen LogP contribution in [0.5, 0.6) is 0 Å². The molecule has 0 aliphatic heterocycles. The van der Waals surface area contributed by atoms with Crippen LogP contribution < -0.4 is 5.32 Å². The third-order valence-electron chi connectivity index (χ3n) is 1.71. The SMILES string of the molecule is CCNC(=O)Cn1ncc(Br)c1C. The Morgan fingerprint density at radius 3 is 2.92 bits per heavy atom. The normalized spacial score (nSPS) is 10.1. The van der Waals surface area contributed by atoms with E-state index < -0.39 is 0 Å². The molecule has 0 saturated heterocycles. The van der Waals surface area contributed by atoms with Crippen LogP contribution in [0.1, 0.15) is 12.6 Å². The molecule has 0 radical (unpaired) electrons. The lowest BCUT2D eigenvalue weighted by molar-refractivity contribution is -0.121. The first kappa shape index (κ1) is 10.2. The van der Waals surface area contributed by atoms with Gasteiger partial charge in [0.15, 0.2) is 0 Å². The van der Waals surface area contributed by atoms with Crippen LogP contribution in [0.3, 0.4) is 0 Å². The van der Waals surface area contributed by atoms with Crippen molar-refractivity contribution in [2.45, 2.75) is 20.4 Å². The summed E-state index contributed by atoms with van der Waals surface area (Å²) in [5.41, 5.74) is 0.964. The minimum atomic E-state index is -0.0128. The van der Waals surface area contributed by atoms with Gasteiger partial charge < -0.3 is 5.32 Å². The molecule has 72 valence electrons. The van der Waals surface area contributed by atoms with Crippen molar-refractivity contribution in [2.24, 2.45) is 0 Å². The molecule has 5 heteroatoms. The van der Waals surface area contributed by atoms with Gasteiger partial charge in [-0.2, -0.15) is 5.10 Å². The van der Waals surface area contributed by atoms with Gasteiger partial charge in [-0.15, -0.1) is 0 Å². The maximum absolute atomic E-state index is 11.2. The highest BCUT2D eigenvalue weighted by molar-refractivity contribution is 9.10. The Morgan fingerprint density at radius 1 is 1.77 bits per heavy atom. The smallest absolute Gasteiger partial charge is 0.241 e. The number of hydrogen-bond donors (Lipinski definition) is 1. The van der Waals surface area contributed by atoms with Gasteiger partial charge in [-0.05, 0) is 29.8 Å². The molecule has 1 amide bonds. The summed E-state index contributed by atoms with van der Waals surface area (Å²) in [7, 11) is 0. The fraction of sp³-hybridized carbons (Fsp3) is 0.500. The number of carbonyl (C=O) groups excluding carboxylic acids is 1. The van der Waals surface area contributed by atoms with E-state index in [-0.39, 0.29) is 12.5 Å². The van der Waals surface area contributed by atoms with Crippen LogP contribution in [0.2, 0.25) is 0 Å². The van der Waals surface area contributed by atoms with Crippen molar-refractivity contribution in [3.8, 4) is 0 Å². The summed E-state index contributed by atoms with van der Waals surface area (Å²) >= 11 is 3.33. The molecule has 0 saturated carbocycles. The van der Waals surface area contributed by atoms with Crippen LogP contribution in [0.25, 0.3) is 0 Å². The number of aromatic nitrogens is 2. The molecular weight excluding hydrogens is 234 g/mol. The molecule has 0 aliphatic rings. The topological polar surface area (TPSA) is 46.9 Å². The lowest BCUT2D eigenvalue weighted by Gasteiger charge is -2.04. The van der Waals surface area contributed by atoms with Gasteiger partial charge in [0.25, 0.3) is 0 Å². The summed E-state index contributed by atoms with van der Waals surface area (Å²) in [6.45, 7) is 4.74. The van der Waals surface area contributed by atoms with Crippen LogP contribution in [0, 0.1) is 6.92 Å². The number of likely N-dealkylation sites (N-methyl/N-ethyl adjacent to an activating group) is 1. The minimum absolute atomic E-state index is 0.0128. The second-order valence-corrected chi connectivity index (χ2v) is 3.54. The van der Waals surface area contributed by atoms with E-state index in [0.29, 0.717) is 6.54 Å². The van der Waals surface area contributed by atoms with E-state index in [9.17, 15) is 4.79 Å². The maximum Gasteiger partial charge on any atom is 0.241 e. The summed E-state index contributed by atoms with van der Waals surface area (Å²) in [5, 5.41) is 6.76. The minimum Gasteiger partial charge on any atom is -0.355 e. The van der Waals surface area contributed by atoms with E-state index in [0.717, 1.165) is 10.2 Å². The van der Waals surface area contributed by atoms with Gasteiger partial charge in [0.1, 0.15) is 6.54 Å². The highest BCUT2D eigenvalue weighted by atomic mass is 79.9. The molecule has 4 nitrogen and oxygen atoms in total. The van der Waals surface area contributed by atoms with Crippen LogP contribution in [0.15, 0.2) is 10.7 Å². The number of nitrogens with zero attached hydrogens (tertiary/aromatic N) is 2. The Bertz CT molecular complexity index is 308. The number of carbonyl (C=O) groups is 1. The maximum atomic E-state index is 11.2. The van der Waals surface area contributed by atoms with Gasteiger partial charge in [-0.1, -0.05) is 0 Å². The highest BCUT2D eigenvalue weighted by Crippen LogP contribution is 2.13. The fourth-order valence-electron chi connectivity index (χ4n) is 0.972. The molecule has 0 bridgehead atoms. The average molecular weight is 246 g/mol. The number of amides is 1. The van der Waals surface area contributed by atoms with E-state index in [2.05, 4.69) is 26.3 Å². The Hall–Kier alpha value is -0.840. The molecule has 0 aromatic carbocycles. The van der Waals surface area contributed by atoms with Gasteiger partial charge in [-0.3, -0.25) is 9.48 Å². The van der Waals surface area contributed by atoms with Crippen LogP contribution in [-0.2, 0) is 11.3 Å². The average Bonchev–Trinajstić information content (AvgIpc) is 2.37. The standard InChI is InChI=1S/C8H12BrN3O/c1-3-10-8(13)5-12-6(2)7(9)4-11-12/h4H,3,5H2,1-2H3,(H,10,13). The van der Waals surface area contributed by atoms with Crippen molar-refractivity contribution in [1.29, 1.82) is 0 Å². The largest absolute Gasteiger partial charge is 0.355 e. The van der Waals surface area contributed by atoms with E-state index >= 15 is 0 Å². The van der Waals surface area contributed by atoms with E-state index in [4.69, 9.17) is 0 Å². The Balaban J connectivity index is 2.64. The zero-order chi connectivity index (χ0) is 9.84. The summed E-state index contributed by atoms with van der Waals surface area (Å²) in [4.78, 5) is 11.2. The van der Waals surface area contributed by atoms with E-state index in [1.165, 1.54) is 0 Å². The molecule has 1 rings (SSSR count). The van der Waals surface area contributed by atoms with E-state index in [1.54, 1.807) is 10.9 Å². The predicted octanol–water partition coefficient (Wildman–Crippen LogP) is 1.09. The number of rotatable bonds is 3. The lowest BCUT2D eigenvalue weighted by Crippen LogP contribution is -2.27. The summed E-state index contributed by atoms with van der Waals surface area (Å²) in [6.07, 6.45) is 1.69. The molecule has 13 heavy (non-hydrogen) atoms. The van der Waals surface area contributed by atoms with Crippen molar-refractivity contribution in [3.05, 3.63) is 16.4 Å². The quantitative estimate of drug-likeness (QED) is 0.867. The van der Waals surface area contributed by atoms with Gasteiger partial charge in [0, 0.05) is 6.54 Å². The zero-order valence-electron chi connectivity index (χ0n) is 7.67. The Labute approximate surface area is 85.4 Å². The van der Waals surface area contributed by atoms with Crippen molar-refractivity contribution in [2.75, 3.05) is 6.54 Å². The first-order valence-corrected chi connectivity index (χ1v) is 4.89. The second-order valence-electron chi connectivity index (χ2n) is 2.69. The highest BCUT2D eigenvalue weighted by Gasteiger charge is 2.06. The monoisotopic (exact) mass is 245 g/mol. The van der Waals surface area contributed by atoms with Crippen LogP contribution in [-0.4, -0.2) is 22.2 Å². The third-order valence-corrected chi connectivity index (χ3v) is 2.49. The van der Waals surface area contributed by atoms with Gasteiger partial charge >= 0.3 is 0 Å². The number of halogens is 1. The van der Waals surface area contributed by atoms with Crippen LogP contribution in [0.4, 0.5) is 0 Å². The first-order valence-electron chi connectivity index (χ1n) is 4.09. The van der Waals surface area contributed by atoms with Crippen molar-refractivity contribution in [3.63, 3.8) is 0 Å².